The van der Waals surface area contributed by atoms with Gasteiger partial charge in [-0.25, -0.2) is 13.2 Å². The minimum Gasteiger partial charge on any atom is -0.463 e. The fourth-order valence-electron chi connectivity index (χ4n) is 3.81. The van der Waals surface area contributed by atoms with E-state index >= 15 is 0 Å². The zero-order valence-electron chi connectivity index (χ0n) is 18.7. The molecule has 1 heterocycles. The van der Waals surface area contributed by atoms with Crippen LogP contribution in [0.5, 0.6) is 0 Å². The summed E-state index contributed by atoms with van der Waals surface area (Å²) in [5, 5.41) is 11.4. The van der Waals surface area contributed by atoms with Gasteiger partial charge in [-0.1, -0.05) is 50.6 Å². The fourth-order valence-corrected chi connectivity index (χ4v) is 5.92. The van der Waals surface area contributed by atoms with Crippen LogP contribution >= 0.6 is 11.6 Å². The van der Waals surface area contributed by atoms with Crippen molar-refractivity contribution in [3.8, 4) is 0 Å². The summed E-state index contributed by atoms with van der Waals surface area (Å²) in [6.45, 7) is 7.42. The second kappa shape index (κ2) is 9.24. The standard InChI is InChI=1S/C23H25ClN2O6S/c1-5-32-22(27)19-14-20(23(2,3)4)25(21(19)15-7-6-8-16(24)13-15)33(30,31)18-11-9-17(10-12-18)26(28)29/h6-14,20-21H,5H2,1-4H3/t20-,21-/m0/s1. The number of sulfonamides is 1. The lowest BCUT2D eigenvalue weighted by Gasteiger charge is -2.37. The van der Waals surface area contributed by atoms with E-state index in [0.717, 1.165) is 12.1 Å². The van der Waals surface area contributed by atoms with Crippen LogP contribution in [-0.2, 0) is 19.6 Å². The summed E-state index contributed by atoms with van der Waals surface area (Å²) in [6, 6.07) is 9.66. The number of benzene rings is 2. The summed E-state index contributed by atoms with van der Waals surface area (Å²) in [5.74, 6) is -0.613. The van der Waals surface area contributed by atoms with E-state index in [4.69, 9.17) is 16.3 Å². The number of esters is 1. The number of non-ortho nitro benzene ring substituents is 1. The first-order valence-corrected chi connectivity index (χ1v) is 12.1. The maximum absolute atomic E-state index is 13.9. The highest BCUT2D eigenvalue weighted by Gasteiger charge is 2.50. The molecule has 1 aliphatic rings. The fraction of sp³-hybridized carbons (Fsp3) is 0.348. The monoisotopic (exact) mass is 492 g/mol. The van der Waals surface area contributed by atoms with E-state index in [0.29, 0.717) is 10.6 Å². The summed E-state index contributed by atoms with van der Waals surface area (Å²) in [7, 11) is -4.20. The number of carbonyl (C=O) groups excluding carboxylic acids is 1. The molecule has 0 unspecified atom stereocenters. The first-order chi connectivity index (χ1) is 15.4. The molecule has 3 rings (SSSR count). The molecule has 0 fully saturated rings. The Bertz CT molecular complexity index is 1200. The number of ether oxygens (including phenoxy) is 1. The minimum absolute atomic E-state index is 0.118. The maximum Gasteiger partial charge on any atom is 0.335 e. The van der Waals surface area contributed by atoms with Crippen molar-refractivity contribution in [3.63, 3.8) is 0 Å². The molecule has 0 saturated carbocycles. The predicted molar refractivity (Wildman–Crippen MR) is 124 cm³/mol. The predicted octanol–water partition coefficient (Wildman–Crippen LogP) is 4.90. The average Bonchev–Trinajstić information content (AvgIpc) is 3.16. The lowest BCUT2D eigenvalue weighted by molar-refractivity contribution is -0.384. The van der Waals surface area contributed by atoms with Gasteiger partial charge < -0.3 is 4.74 Å². The first-order valence-electron chi connectivity index (χ1n) is 10.3. The topological polar surface area (TPSA) is 107 Å². The molecule has 0 aromatic heterocycles. The van der Waals surface area contributed by atoms with Crippen LogP contribution in [-0.4, -0.2) is 36.3 Å². The third-order valence-corrected chi connectivity index (χ3v) is 7.44. The molecule has 0 amide bonds. The Balaban J connectivity index is 2.23. The molecule has 2 atom stereocenters. The Morgan fingerprint density at radius 2 is 1.82 bits per heavy atom. The lowest BCUT2D eigenvalue weighted by Crippen LogP contribution is -2.45. The van der Waals surface area contributed by atoms with Gasteiger partial charge in [-0.15, -0.1) is 0 Å². The second-order valence-corrected chi connectivity index (χ2v) is 11.0. The molecule has 8 nitrogen and oxygen atoms in total. The molecule has 0 N–H and O–H groups in total. The highest BCUT2D eigenvalue weighted by Crippen LogP contribution is 2.46. The molecule has 10 heteroatoms. The van der Waals surface area contributed by atoms with Gasteiger partial charge in [-0.2, -0.15) is 4.31 Å². The van der Waals surface area contributed by atoms with E-state index in [9.17, 15) is 23.3 Å². The van der Waals surface area contributed by atoms with Crippen molar-refractivity contribution in [1.29, 1.82) is 0 Å². The zero-order chi connectivity index (χ0) is 24.6. The van der Waals surface area contributed by atoms with Gasteiger partial charge in [0.15, 0.2) is 0 Å². The van der Waals surface area contributed by atoms with Gasteiger partial charge in [-0.05, 0) is 42.2 Å². The number of nitrogens with zero attached hydrogens (tertiary/aromatic N) is 2. The molecule has 2 aromatic rings. The Labute approximate surface area is 198 Å². The van der Waals surface area contributed by atoms with E-state index < -0.39 is 38.4 Å². The normalized spacial score (nSPS) is 19.2. The summed E-state index contributed by atoms with van der Waals surface area (Å²) >= 11 is 6.20. The maximum atomic E-state index is 13.9. The van der Waals surface area contributed by atoms with Gasteiger partial charge in [0, 0.05) is 23.2 Å². The third-order valence-electron chi connectivity index (χ3n) is 5.35. The summed E-state index contributed by atoms with van der Waals surface area (Å²) in [5.41, 5.74) is -0.0955. The lowest BCUT2D eigenvalue weighted by atomic mass is 9.87. The van der Waals surface area contributed by atoms with Crippen molar-refractivity contribution in [3.05, 3.63) is 80.9 Å². The van der Waals surface area contributed by atoms with Gasteiger partial charge in [-0.3, -0.25) is 10.1 Å². The molecule has 0 radical (unpaired) electrons. The van der Waals surface area contributed by atoms with Gasteiger partial charge in [0.05, 0.1) is 28.0 Å². The largest absolute Gasteiger partial charge is 0.463 e. The zero-order valence-corrected chi connectivity index (χ0v) is 20.3. The van der Waals surface area contributed by atoms with Crippen LogP contribution in [0.1, 0.15) is 39.3 Å². The van der Waals surface area contributed by atoms with Crippen molar-refractivity contribution in [2.75, 3.05) is 6.61 Å². The van der Waals surface area contributed by atoms with Crippen molar-refractivity contribution < 1.29 is 22.9 Å². The van der Waals surface area contributed by atoms with Crippen LogP contribution in [0.25, 0.3) is 0 Å². The molecule has 2 aromatic carbocycles. The SMILES string of the molecule is CCOC(=O)C1=C[C@@H](C(C)(C)C)N(S(=O)(=O)c2ccc([N+](=O)[O-])cc2)[C@H]1c1cccc(Cl)c1. The van der Waals surface area contributed by atoms with Crippen molar-refractivity contribution >= 4 is 33.3 Å². The van der Waals surface area contributed by atoms with E-state index in [1.54, 1.807) is 37.3 Å². The van der Waals surface area contributed by atoms with Gasteiger partial charge in [0.2, 0.25) is 10.0 Å². The van der Waals surface area contributed by atoms with Gasteiger partial charge in [0.25, 0.3) is 5.69 Å². The van der Waals surface area contributed by atoms with Crippen LogP contribution in [0.15, 0.2) is 65.1 Å². The molecule has 0 aliphatic carbocycles. The molecular weight excluding hydrogens is 468 g/mol. The van der Waals surface area contributed by atoms with Gasteiger partial charge >= 0.3 is 5.97 Å². The number of carbonyl (C=O) groups is 1. The van der Waals surface area contributed by atoms with E-state index in [-0.39, 0.29) is 22.8 Å². The van der Waals surface area contributed by atoms with Crippen LogP contribution in [0.2, 0.25) is 5.02 Å². The van der Waals surface area contributed by atoms with Crippen LogP contribution in [0, 0.1) is 15.5 Å². The smallest absolute Gasteiger partial charge is 0.335 e. The molecule has 176 valence electrons. The van der Waals surface area contributed by atoms with Crippen molar-refractivity contribution in [1.82, 2.24) is 4.31 Å². The van der Waals surface area contributed by atoms with E-state index in [2.05, 4.69) is 0 Å². The Morgan fingerprint density at radius 1 is 1.18 bits per heavy atom. The quantitative estimate of drug-likeness (QED) is 0.322. The first kappa shape index (κ1) is 24.9. The Morgan fingerprint density at radius 3 is 2.33 bits per heavy atom. The number of halogens is 1. The Kier molecular flexibility index (Phi) is 6.97. The molecule has 0 saturated heterocycles. The number of hydrogen-bond donors (Lipinski definition) is 0. The molecule has 0 bridgehead atoms. The number of rotatable bonds is 6. The molecule has 0 spiro atoms. The summed E-state index contributed by atoms with van der Waals surface area (Å²) in [6.07, 6.45) is 1.63. The minimum atomic E-state index is -4.20. The number of nitro groups is 1. The van der Waals surface area contributed by atoms with E-state index in [1.165, 1.54) is 16.4 Å². The summed E-state index contributed by atoms with van der Waals surface area (Å²) in [4.78, 5) is 23.2. The average molecular weight is 493 g/mol. The molecule has 33 heavy (non-hydrogen) atoms. The van der Waals surface area contributed by atoms with Crippen LogP contribution in [0.3, 0.4) is 0 Å². The van der Waals surface area contributed by atoms with Crippen molar-refractivity contribution in [2.45, 2.75) is 44.7 Å². The summed E-state index contributed by atoms with van der Waals surface area (Å²) < 4.78 is 34.3. The molecule has 1 aliphatic heterocycles. The second-order valence-electron chi connectivity index (χ2n) is 8.70. The highest BCUT2D eigenvalue weighted by molar-refractivity contribution is 7.89. The number of nitro benzene ring substituents is 1. The van der Waals surface area contributed by atoms with Crippen molar-refractivity contribution in [2.24, 2.45) is 5.41 Å². The van der Waals surface area contributed by atoms with Gasteiger partial charge in [0.1, 0.15) is 0 Å². The highest BCUT2D eigenvalue weighted by atomic mass is 35.5. The van der Waals surface area contributed by atoms with E-state index in [1.807, 2.05) is 20.8 Å². The van der Waals surface area contributed by atoms with Crippen LogP contribution in [0.4, 0.5) is 5.69 Å². The Hall–Kier alpha value is -2.75. The molecular formula is C23H25ClN2O6S. The van der Waals surface area contributed by atoms with Crippen LogP contribution < -0.4 is 0 Å². The number of hydrogen-bond acceptors (Lipinski definition) is 6. The third kappa shape index (κ3) is 4.95.